The van der Waals surface area contributed by atoms with E-state index < -0.39 is 65.4 Å². The predicted octanol–water partition coefficient (Wildman–Crippen LogP) is -0.463. The molecular formula is C38H58N8O14. The van der Waals surface area contributed by atoms with Crippen LogP contribution in [0.3, 0.4) is 0 Å². The minimum absolute atomic E-state index is 0.0212. The van der Waals surface area contributed by atoms with Crippen molar-refractivity contribution >= 4 is 53.5 Å². The number of alkyl carbamates (subject to hydrolysis) is 2. The summed E-state index contributed by atoms with van der Waals surface area (Å²) in [4.78, 5) is 112. The summed E-state index contributed by atoms with van der Waals surface area (Å²) in [6.45, 7) is 0.573. The summed E-state index contributed by atoms with van der Waals surface area (Å²) in [7, 11) is 2.76. The van der Waals surface area contributed by atoms with Gasteiger partial charge in [0.05, 0.1) is 12.8 Å². The molecule has 0 spiro atoms. The standard InChI is InChI=1S/C38H58N8O14/c1-56-25-58-36(54)41-21-8-5-10-27(42-37(55)59-26-57-2)35(53)40-20-7-4-3-6-19-39-24-60-38(44-30(48)17-23-46-33(51)14-15-34(46)52)18-9-11-28(38)43-29(47)16-22-45-31(49)12-13-32(45)50/h12-15,27-28,39H,3-11,16-26H2,1-2H3,(H,40,53)(H,41,54)(H,42,55)(H,43,47)(H,44,48). The molecule has 22 heteroatoms. The van der Waals surface area contributed by atoms with E-state index in [1.807, 2.05) is 0 Å². The Morgan fingerprint density at radius 3 is 1.88 bits per heavy atom. The summed E-state index contributed by atoms with van der Waals surface area (Å²) in [5, 5.41) is 16.9. The third-order valence-corrected chi connectivity index (χ3v) is 9.64. The van der Waals surface area contributed by atoms with Gasteiger partial charge < -0.3 is 50.3 Å². The average Bonchev–Trinajstić information content (AvgIpc) is 3.87. The number of amides is 9. The lowest BCUT2D eigenvalue weighted by atomic mass is 10.1. The van der Waals surface area contributed by atoms with Gasteiger partial charge in [-0.3, -0.25) is 48.7 Å². The van der Waals surface area contributed by atoms with Gasteiger partial charge in [0.25, 0.3) is 23.6 Å². The van der Waals surface area contributed by atoms with Crippen molar-refractivity contribution in [2.75, 3.05) is 67.3 Å². The molecule has 9 amide bonds. The van der Waals surface area contributed by atoms with E-state index in [0.717, 1.165) is 53.4 Å². The van der Waals surface area contributed by atoms with Crippen LogP contribution in [0.15, 0.2) is 24.3 Å². The minimum Gasteiger partial charge on any atom is -0.422 e. The van der Waals surface area contributed by atoms with Gasteiger partial charge in [0.2, 0.25) is 17.7 Å². The average molecular weight is 851 g/mol. The Morgan fingerprint density at radius 1 is 0.717 bits per heavy atom. The van der Waals surface area contributed by atoms with E-state index in [1.165, 1.54) is 14.2 Å². The topological polar surface area (TPSA) is 278 Å². The first-order valence-corrected chi connectivity index (χ1v) is 20.0. The molecule has 1 saturated carbocycles. The molecule has 3 rings (SSSR count). The molecule has 334 valence electrons. The highest BCUT2D eigenvalue weighted by Crippen LogP contribution is 2.32. The molecule has 3 atom stereocenters. The molecule has 1 fully saturated rings. The monoisotopic (exact) mass is 850 g/mol. The van der Waals surface area contributed by atoms with Crippen LogP contribution in [0.25, 0.3) is 0 Å². The molecule has 0 aromatic carbocycles. The van der Waals surface area contributed by atoms with Gasteiger partial charge >= 0.3 is 12.2 Å². The van der Waals surface area contributed by atoms with Crippen LogP contribution in [0.2, 0.25) is 0 Å². The van der Waals surface area contributed by atoms with E-state index in [-0.39, 0.29) is 52.2 Å². The van der Waals surface area contributed by atoms with Crippen LogP contribution in [0.5, 0.6) is 0 Å². The molecule has 1 aliphatic carbocycles. The van der Waals surface area contributed by atoms with Crippen molar-refractivity contribution in [3.05, 3.63) is 24.3 Å². The van der Waals surface area contributed by atoms with Crippen molar-refractivity contribution < 1.29 is 66.8 Å². The van der Waals surface area contributed by atoms with Crippen molar-refractivity contribution in [3.63, 3.8) is 0 Å². The number of rotatable bonds is 29. The van der Waals surface area contributed by atoms with Crippen LogP contribution in [-0.4, -0.2) is 148 Å². The lowest BCUT2D eigenvalue weighted by Crippen LogP contribution is -2.62. The Bertz CT molecular complexity index is 1540. The summed E-state index contributed by atoms with van der Waals surface area (Å²) in [6.07, 6.45) is 8.60. The van der Waals surface area contributed by atoms with E-state index in [9.17, 15) is 43.2 Å². The maximum atomic E-state index is 13.2. The Labute approximate surface area is 348 Å². The van der Waals surface area contributed by atoms with Crippen molar-refractivity contribution in [3.8, 4) is 0 Å². The fraction of sp³-hybridized carbons (Fsp3) is 0.658. The van der Waals surface area contributed by atoms with Crippen LogP contribution < -0.4 is 31.9 Å². The summed E-state index contributed by atoms with van der Waals surface area (Å²) >= 11 is 0. The highest BCUT2D eigenvalue weighted by atomic mass is 16.7. The van der Waals surface area contributed by atoms with Crippen molar-refractivity contribution in [2.24, 2.45) is 0 Å². The zero-order valence-electron chi connectivity index (χ0n) is 34.2. The summed E-state index contributed by atoms with van der Waals surface area (Å²) in [5.74, 6) is -3.32. The first-order chi connectivity index (χ1) is 28.9. The van der Waals surface area contributed by atoms with Crippen LogP contribution in [0, 0.1) is 0 Å². The van der Waals surface area contributed by atoms with Gasteiger partial charge in [-0.25, -0.2) is 9.59 Å². The third kappa shape index (κ3) is 17.0. The summed E-state index contributed by atoms with van der Waals surface area (Å²) in [6, 6.07) is -1.51. The molecule has 0 bridgehead atoms. The first-order valence-electron chi connectivity index (χ1n) is 20.0. The Kier molecular flexibility index (Phi) is 21.7. The molecule has 0 aromatic heterocycles. The van der Waals surface area contributed by atoms with Crippen molar-refractivity contribution in [2.45, 2.75) is 94.9 Å². The Balaban J connectivity index is 1.41. The molecule has 6 N–H and O–H groups in total. The van der Waals surface area contributed by atoms with Crippen molar-refractivity contribution in [1.29, 1.82) is 0 Å². The van der Waals surface area contributed by atoms with Gasteiger partial charge in [0.1, 0.15) is 6.04 Å². The first kappa shape index (κ1) is 48.9. The zero-order chi connectivity index (χ0) is 43.8. The summed E-state index contributed by atoms with van der Waals surface area (Å²) in [5.41, 5.74) is -1.31. The minimum atomic E-state index is -1.31. The van der Waals surface area contributed by atoms with E-state index in [1.54, 1.807) is 0 Å². The molecule has 60 heavy (non-hydrogen) atoms. The third-order valence-electron chi connectivity index (χ3n) is 9.64. The van der Waals surface area contributed by atoms with Gasteiger partial charge in [0, 0.05) is 77.5 Å². The van der Waals surface area contributed by atoms with E-state index in [0.29, 0.717) is 64.6 Å². The molecule has 0 saturated heterocycles. The maximum absolute atomic E-state index is 13.2. The second-order valence-electron chi connectivity index (χ2n) is 14.1. The second-order valence-corrected chi connectivity index (χ2v) is 14.1. The van der Waals surface area contributed by atoms with Gasteiger partial charge in [-0.1, -0.05) is 12.8 Å². The highest BCUT2D eigenvalue weighted by molar-refractivity contribution is 6.13. The number of methoxy groups -OCH3 is 2. The lowest BCUT2D eigenvalue weighted by molar-refractivity contribution is -0.144. The van der Waals surface area contributed by atoms with Crippen LogP contribution >= 0.6 is 0 Å². The maximum Gasteiger partial charge on any atom is 0.409 e. The number of carbonyl (C=O) groups excluding carboxylic acids is 9. The number of unbranched alkanes of at least 4 members (excludes halogenated alkanes) is 4. The largest absolute Gasteiger partial charge is 0.422 e. The van der Waals surface area contributed by atoms with E-state index >= 15 is 0 Å². The second kappa shape index (κ2) is 26.6. The fourth-order valence-corrected chi connectivity index (χ4v) is 6.53. The molecule has 3 aliphatic rings. The summed E-state index contributed by atoms with van der Waals surface area (Å²) < 4.78 is 25.3. The van der Waals surface area contributed by atoms with Crippen LogP contribution in [0.4, 0.5) is 9.59 Å². The molecular weight excluding hydrogens is 792 g/mol. The van der Waals surface area contributed by atoms with Gasteiger partial charge in [-0.05, 0) is 57.9 Å². The number of ether oxygens (including phenoxy) is 5. The van der Waals surface area contributed by atoms with Gasteiger partial charge in [-0.15, -0.1) is 0 Å². The highest BCUT2D eigenvalue weighted by Gasteiger charge is 2.46. The lowest BCUT2D eigenvalue weighted by Gasteiger charge is -2.37. The quantitative estimate of drug-likeness (QED) is 0.0316. The number of nitrogens with one attached hydrogen (secondary N) is 6. The fourth-order valence-electron chi connectivity index (χ4n) is 6.53. The number of carbonyl (C=O) groups is 9. The number of hydrogen-bond donors (Lipinski definition) is 6. The number of hydrogen-bond acceptors (Lipinski definition) is 15. The van der Waals surface area contributed by atoms with E-state index in [4.69, 9.17) is 18.9 Å². The molecule has 22 nitrogen and oxygen atoms in total. The predicted molar refractivity (Wildman–Crippen MR) is 209 cm³/mol. The smallest absolute Gasteiger partial charge is 0.409 e. The van der Waals surface area contributed by atoms with Crippen LogP contribution in [0.1, 0.15) is 77.0 Å². The molecule has 2 aliphatic heterocycles. The zero-order valence-corrected chi connectivity index (χ0v) is 34.2. The Morgan fingerprint density at radius 2 is 1.27 bits per heavy atom. The normalized spacial score (nSPS) is 18.8. The van der Waals surface area contributed by atoms with E-state index in [2.05, 4.69) is 36.6 Å². The molecule has 0 aromatic rings. The SMILES string of the molecule is COCOC(=O)NCCCCC(NC(=O)OCOC)C(=O)NCCCCCCNCOC1(NC(=O)CCN2C(=O)C=CC2=O)CCCC1NC(=O)CCN1C(=O)C=CC1=O. The van der Waals surface area contributed by atoms with Gasteiger partial charge in [-0.2, -0.15) is 0 Å². The molecule has 0 radical (unpaired) electrons. The molecule has 2 heterocycles. The van der Waals surface area contributed by atoms with Gasteiger partial charge in [0.15, 0.2) is 19.3 Å². The number of imide groups is 2. The van der Waals surface area contributed by atoms with Crippen LogP contribution in [-0.2, 0) is 57.2 Å². The van der Waals surface area contributed by atoms with Crippen molar-refractivity contribution in [1.82, 2.24) is 41.7 Å². The number of nitrogens with zero attached hydrogens (tertiary/aromatic N) is 2. The Hall–Kier alpha value is -5.45. The molecule has 3 unspecified atom stereocenters.